The third kappa shape index (κ3) is 3.71. The molecule has 1 saturated heterocycles. The van der Waals surface area contributed by atoms with Crippen LogP contribution in [-0.4, -0.2) is 39.1 Å². The predicted molar refractivity (Wildman–Crippen MR) is 119 cm³/mol. The molecule has 2 aromatic rings. The monoisotopic (exact) mass is 469 g/mol. The van der Waals surface area contributed by atoms with Gasteiger partial charge in [0, 0.05) is 12.7 Å². The molecule has 4 atom stereocenters. The number of carbonyl (C=O) groups is 3. The Morgan fingerprint density at radius 3 is 2.34 bits per heavy atom. The molecule has 0 radical (unpaired) electrons. The van der Waals surface area contributed by atoms with Crippen LogP contribution >= 0.6 is 23.2 Å². The van der Waals surface area contributed by atoms with Gasteiger partial charge in [0.05, 0.1) is 34.1 Å². The number of likely N-dealkylation sites (tertiary alicyclic amines) is 1. The summed E-state index contributed by atoms with van der Waals surface area (Å²) in [4.78, 5) is 46.4. The fourth-order valence-electron chi connectivity index (χ4n) is 5.13. The van der Waals surface area contributed by atoms with Crippen molar-refractivity contribution in [1.82, 2.24) is 14.8 Å². The first-order chi connectivity index (χ1) is 15.4. The second-order valence-electron chi connectivity index (χ2n) is 8.58. The lowest BCUT2D eigenvalue weighted by Crippen LogP contribution is -2.43. The van der Waals surface area contributed by atoms with Gasteiger partial charge in [0.1, 0.15) is 6.54 Å². The Morgan fingerprint density at radius 1 is 1.00 bits per heavy atom. The van der Waals surface area contributed by atoms with Crippen LogP contribution in [0.5, 0.6) is 0 Å². The van der Waals surface area contributed by atoms with Crippen molar-refractivity contribution < 1.29 is 14.4 Å². The van der Waals surface area contributed by atoms with Gasteiger partial charge in [-0.15, -0.1) is 0 Å². The van der Waals surface area contributed by atoms with Crippen molar-refractivity contribution in [3.63, 3.8) is 0 Å². The van der Waals surface area contributed by atoms with Gasteiger partial charge in [-0.1, -0.05) is 47.5 Å². The molecule has 0 N–H and O–H groups in total. The van der Waals surface area contributed by atoms with Crippen molar-refractivity contribution in [3.8, 4) is 0 Å². The number of halogens is 2. The van der Waals surface area contributed by atoms with E-state index in [0.717, 1.165) is 16.9 Å². The average Bonchev–Trinajstić information content (AvgIpc) is 3.47. The topological polar surface area (TPSA) is 70.6 Å². The minimum absolute atomic E-state index is 0.113. The summed E-state index contributed by atoms with van der Waals surface area (Å²) in [6, 6.07) is 10.7. The molecule has 4 unspecified atom stereocenters. The van der Waals surface area contributed by atoms with Gasteiger partial charge >= 0.3 is 0 Å². The van der Waals surface area contributed by atoms with Crippen LogP contribution in [-0.2, 0) is 27.5 Å². The van der Waals surface area contributed by atoms with Crippen molar-refractivity contribution in [1.29, 1.82) is 0 Å². The lowest BCUT2D eigenvalue weighted by molar-refractivity contribution is -0.147. The van der Waals surface area contributed by atoms with Crippen LogP contribution in [0.4, 0.5) is 0 Å². The highest BCUT2D eigenvalue weighted by Gasteiger charge is 2.59. The molecule has 164 valence electrons. The number of fused-ring (bicyclic) bond motifs is 5. The molecule has 8 heteroatoms. The number of allylic oxidation sites excluding steroid dienone is 2. The molecule has 1 aromatic heterocycles. The number of hydrogen-bond acceptors (Lipinski definition) is 4. The maximum absolute atomic E-state index is 13.3. The summed E-state index contributed by atoms with van der Waals surface area (Å²) < 4.78 is 0. The predicted octanol–water partition coefficient (Wildman–Crippen LogP) is 3.72. The van der Waals surface area contributed by atoms with Crippen molar-refractivity contribution in [2.75, 3.05) is 6.54 Å². The van der Waals surface area contributed by atoms with Gasteiger partial charge in [0.2, 0.25) is 17.7 Å². The number of rotatable bonds is 6. The Kier molecular flexibility index (Phi) is 5.51. The van der Waals surface area contributed by atoms with Crippen molar-refractivity contribution >= 4 is 40.9 Å². The Hall–Kier alpha value is -2.70. The van der Waals surface area contributed by atoms with Crippen LogP contribution < -0.4 is 0 Å². The number of amides is 3. The lowest BCUT2D eigenvalue weighted by Gasteiger charge is -2.25. The standard InChI is InChI=1S/C24H21Cl2N3O3/c25-18-7-4-14(9-19(18)26)11-28(12-17-3-1-2-8-27-17)20(30)13-29-23(31)21-15-5-6-16(10-15)22(21)24(29)32/h1-9,15-16,21-22H,10-13H2. The molecular formula is C24H21Cl2N3O3. The molecule has 0 spiro atoms. The number of carbonyl (C=O) groups excluding carboxylic acids is 3. The van der Waals surface area contributed by atoms with E-state index in [1.165, 1.54) is 0 Å². The zero-order valence-electron chi connectivity index (χ0n) is 17.2. The van der Waals surface area contributed by atoms with E-state index in [1.807, 2.05) is 24.3 Å². The lowest BCUT2D eigenvalue weighted by atomic mass is 9.85. The molecule has 3 aliphatic rings. The van der Waals surface area contributed by atoms with Crippen molar-refractivity contribution in [2.45, 2.75) is 19.5 Å². The smallest absolute Gasteiger partial charge is 0.243 e. The summed E-state index contributed by atoms with van der Waals surface area (Å²) in [5.74, 6) is -1.17. The number of aromatic nitrogens is 1. The summed E-state index contributed by atoms with van der Waals surface area (Å²) >= 11 is 12.2. The molecule has 2 fully saturated rings. The summed E-state index contributed by atoms with van der Waals surface area (Å²) in [6.45, 7) is 0.232. The zero-order valence-corrected chi connectivity index (χ0v) is 18.7. The molecule has 5 rings (SSSR count). The number of nitrogens with zero attached hydrogens (tertiary/aromatic N) is 3. The van der Waals surface area contributed by atoms with Gasteiger partial charge in [0.15, 0.2) is 0 Å². The number of pyridine rings is 1. The zero-order chi connectivity index (χ0) is 22.4. The van der Waals surface area contributed by atoms with Gasteiger partial charge in [0.25, 0.3) is 0 Å². The minimum Gasteiger partial charge on any atom is -0.331 e. The van der Waals surface area contributed by atoms with E-state index in [2.05, 4.69) is 4.98 Å². The molecule has 6 nitrogen and oxygen atoms in total. The summed E-state index contributed by atoms with van der Waals surface area (Å²) in [7, 11) is 0. The molecule has 2 bridgehead atoms. The Labute approximate surface area is 195 Å². The highest BCUT2D eigenvalue weighted by molar-refractivity contribution is 6.42. The Bertz CT molecular complexity index is 1090. The van der Waals surface area contributed by atoms with Crippen LogP contribution in [0.2, 0.25) is 10.0 Å². The second-order valence-corrected chi connectivity index (χ2v) is 9.40. The molecule has 3 amide bonds. The molecule has 2 heterocycles. The molecule has 32 heavy (non-hydrogen) atoms. The number of benzene rings is 1. The SMILES string of the molecule is O=C(CN1C(=O)C2C3C=CC(C3)C2C1=O)N(Cc1ccc(Cl)c(Cl)c1)Cc1ccccn1. The third-order valence-electron chi connectivity index (χ3n) is 6.64. The van der Waals surface area contributed by atoms with Gasteiger partial charge in [-0.3, -0.25) is 24.3 Å². The molecule has 1 saturated carbocycles. The van der Waals surface area contributed by atoms with E-state index in [1.54, 1.807) is 35.4 Å². The quantitative estimate of drug-likeness (QED) is 0.477. The van der Waals surface area contributed by atoms with E-state index in [9.17, 15) is 14.4 Å². The summed E-state index contributed by atoms with van der Waals surface area (Å²) in [5, 5.41) is 0.830. The minimum atomic E-state index is -0.316. The first-order valence-electron chi connectivity index (χ1n) is 10.6. The van der Waals surface area contributed by atoms with Crippen molar-refractivity contribution in [3.05, 3.63) is 76.0 Å². The van der Waals surface area contributed by atoms with Crippen LogP contribution in [0.1, 0.15) is 17.7 Å². The van der Waals surface area contributed by atoms with Crippen molar-refractivity contribution in [2.24, 2.45) is 23.7 Å². The largest absolute Gasteiger partial charge is 0.331 e. The Morgan fingerprint density at radius 2 is 1.72 bits per heavy atom. The van der Waals surface area contributed by atoms with Crippen LogP contribution in [0.3, 0.4) is 0 Å². The highest BCUT2D eigenvalue weighted by atomic mass is 35.5. The molecule has 2 aliphatic carbocycles. The maximum Gasteiger partial charge on any atom is 0.243 e. The van der Waals surface area contributed by atoms with Gasteiger partial charge < -0.3 is 4.90 Å². The molecule has 1 aromatic carbocycles. The van der Waals surface area contributed by atoms with Crippen LogP contribution in [0.15, 0.2) is 54.7 Å². The van der Waals surface area contributed by atoms with E-state index in [4.69, 9.17) is 23.2 Å². The van der Waals surface area contributed by atoms with E-state index in [-0.39, 0.29) is 61.0 Å². The van der Waals surface area contributed by atoms with Crippen LogP contribution in [0.25, 0.3) is 0 Å². The first-order valence-corrected chi connectivity index (χ1v) is 11.3. The van der Waals surface area contributed by atoms with Gasteiger partial charge in [-0.05, 0) is 48.1 Å². The maximum atomic E-state index is 13.3. The number of hydrogen-bond donors (Lipinski definition) is 0. The van der Waals surface area contributed by atoms with Crippen LogP contribution in [0, 0.1) is 23.7 Å². The third-order valence-corrected chi connectivity index (χ3v) is 7.38. The average molecular weight is 470 g/mol. The van der Waals surface area contributed by atoms with Gasteiger partial charge in [-0.2, -0.15) is 0 Å². The van der Waals surface area contributed by atoms with E-state index in [0.29, 0.717) is 15.7 Å². The normalized spacial score (nSPS) is 25.5. The fourth-order valence-corrected chi connectivity index (χ4v) is 5.45. The summed E-state index contributed by atoms with van der Waals surface area (Å²) in [5.41, 5.74) is 1.50. The molecule has 1 aliphatic heterocycles. The number of imide groups is 1. The van der Waals surface area contributed by atoms with E-state index < -0.39 is 0 Å². The summed E-state index contributed by atoms with van der Waals surface area (Å²) in [6.07, 6.45) is 6.60. The first kappa shape index (κ1) is 21.2. The highest BCUT2D eigenvalue weighted by Crippen LogP contribution is 2.52. The van der Waals surface area contributed by atoms with Gasteiger partial charge in [-0.25, -0.2) is 0 Å². The fraction of sp³-hybridized carbons (Fsp3) is 0.333. The Balaban J connectivity index is 1.36. The second kappa shape index (κ2) is 8.34. The molecular weight excluding hydrogens is 449 g/mol. The van der Waals surface area contributed by atoms with E-state index >= 15 is 0 Å².